The maximum absolute atomic E-state index is 10.0. The zero-order valence-electron chi connectivity index (χ0n) is 17.2. The first-order chi connectivity index (χ1) is 13.2. The van der Waals surface area contributed by atoms with E-state index in [1.54, 1.807) is 0 Å². The molecule has 0 saturated carbocycles. The Balaban J connectivity index is 1.85. The lowest BCUT2D eigenvalue weighted by Crippen LogP contribution is -2.41. The van der Waals surface area contributed by atoms with Crippen LogP contribution in [0.3, 0.4) is 0 Å². The van der Waals surface area contributed by atoms with Gasteiger partial charge in [0.25, 0.3) is 0 Å². The number of allylic oxidation sites excluding steroid dienone is 2. The van der Waals surface area contributed by atoms with E-state index >= 15 is 0 Å². The molecule has 1 saturated heterocycles. The van der Waals surface area contributed by atoms with Gasteiger partial charge in [0.1, 0.15) is 24.4 Å². The molecule has 0 aromatic carbocycles. The third-order valence-electron chi connectivity index (χ3n) is 5.22. The van der Waals surface area contributed by atoms with E-state index < -0.39 is 31.0 Å². The minimum atomic E-state index is -1.05. The summed E-state index contributed by atoms with van der Waals surface area (Å²) < 4.78 is 11.0. The first-order valence-corrected chi connectivity index (χ1v) is 11.1. The fourth-order valence-electron chi connectivity index (χ4n) is 3.42. The fraction of sp³-hybridized carbons (Fsp3) is 0.909. The third kappa shape index (κ3) is 11.2. The summed E-state index contributed by atoms with van der Waals surface area (Å²) in [6, 6.07) is 0. The summed E-state index contributed by atoms with van der Waals surface area (Å²) in [6.45, 7) is 2.70. The van der Waals surface area contributed by atoms with Crippen molar-refractivity contribution >= 4 is 0 Å². The van der Waals surface area contributed by atoms with Gasteiger partial charge < -0.3 is 24.8 Å². The number of aliphatic hydroxyl groups is 3. The zero-order valence-corrected chi connectivity index (χ0v) is 17.2. The van der Waals surface area contributed by atoms with Crippen molar-refractivity contribution in [2.75, 3.05) is 19.8 Å². The summed E-state index contributed by atoms with van der Waals surface area (Å²) in [5.41, 5.74) is 0. The van der Waals surface area contributed by atoms with Crippen molar-refractivity contribution in [3.05, 3.63) is 12.2 Å². The van der Waals surface area contributed by atoms with Gasteiger partial charge in [0.15, 0.2) is 0 Å². The molecule has 0 spiro atoms. The second-order valence-corrected chi connectivity index (χ2v) is 7.68. The molecule has 4 atom stereocenters. The molecule has 1 fully saturated rings. The Morgan fingerprint density at radius 3 is 2.19 bits per heavy atom. The quantitative estimate of drug-likeness (QED) is 0.262. The second-order valence-electron chi connectivity index (χ2n) is 7.68. The van der Waals surface area contributed by atoms with Crippen LogP contribution >= 0.6 is 0 Å². The van der Waals surface area contributed by atoms with E-state index in [2.05, 4.69) is 19.1 Å². The van der Waals surface area contributed by atoms with Crippen molar-refractivity contribution in [3.8, 4) is 0 Å². The van der Waals surface area contributed by atoms with Gasteiger partial charge in [0.05, 0.1) is 13.2 Å². The summed E-state index contributed by atoms with van der Waals surface area (Å²) in [6.07, 6.45) is 16.6. The van der Waals surface area contributed by atoms with Crippen molar-refractivity contribution in [3.63, 3.8) is 0 Å². The summed E-state index contributed by atoms with van der Waals surface area (Å²) in [5, 5.41) is 28.5. The standard InChI is InChI=1S/C22H42O5/c1-2-3-4-5-6-7-8-9-10-11-12-13-14-15-16-26-20-18-27-22(21(20)25)19(24)17-23/h5-6,19-25H,2-4,7-18H2,1H3/b6-5+/t19-,20+,21-,22-/m0/s1. The van der Waals surface area contributed by atoms with E-state index in [0.717, 1.165) is 12.8 Å². The zero-order chi connectivity index (χ0) is 19.7. The molecule has 5 heteroatoms. The van der Waals surface area contributed by atoms with Crippen LogP contribution in [0.2, 0.25) is 0 Å². The molecule has 0 aromatic rings. The molecule has 160 valence electrons. The molecular formula is C22H42O5. The summed E-state index contributed by atoms with van der Waals surface area (Å²) in [5.74, 6) is 0. The highest BCUT2D eigenvalue weighted by molar-refractivity contribution is 4.88. The highest BCUT2D eigenvalue weighted by Gasteiger charge is 2.40. The third-order valence-corrected chi connectivity index (χ3v) is 5.22. The van der Waals surface area contributed by atoms with E-state index in [-0.39, 0.29) is 6.61 Å². The molecule has 0 aromatic heterocycles. The van der Waals surface area contributed by atoms with Gasteiger partial charge in [-0.25, -0.2) is 0 Å². The Kier molecular flexibility index (Phi) is 15.0. The van der Waals surface area contributed by atoms with Crippen LogP contribution < -0.4 is 0 Å². The maximum Gasteiger partial charge on any atom is 0.114 e. The lowest BCUT2D eigenvalue weighted by atomic mass is 10.1. The summed E-state index contributed by atoms with van der Waals surface area (Å²) in [4.78, 5) is 0. The van der Waals surface area contributed by atoms with Gasteiger partial charge in [0, 0.05) is 6.61 Å². The molecular weight excluding hydrogens is 344 g/mol. The Labute approximate surface area is 165 Å². The molecule has 0 amide bonds. The number of hydrogen-bond donors (Lipinski definition) is 3. The number of unbranched alkanes of at least 4 members (excludes halogenated alkanes) is 10. The van der Waals surface area contributed by atoms with E-state index in [1.807, 2.05) is 0 Å². The van der Waals surface area contributed by atoms with Gasteiger partial charge >= 0.3 is 0 Å². The van der Waals surface area contributed by atoms with Crippen molar-refractivity contribution in [2.24, 2.45) is 0 Å². The average molecular weight is 387 g/mol. The molecule has 3 N–H and O–H groups in total. The average Bonchev–Trinajstić information content (AvgIpc) is 3.04. The number of aliphatic hydroxyl groups excluding tert-OH is 3. The maximum atomic E-state index is 10.0. The fourth-order valence-corrected chi connectivity index (χ4v) is 3.42. The Morgan fingerprint density at radius 2 is 1.56 bits per heavy atom. The van der Waals surface area contributed by atoms with Gasteiger partial charge in [-0.3, -0.25) is 0 Å². The van der Waals surface area contributed by atoms with E-state index in [9.17, 15) is 10.2 Å². The lowest BCUT2D eigenvalue weighted by molar-refractivity contribution is -0.0730. The molecule has 1 aliphatic heterocycles. The predicted molar refractivity (Wildman–Crippen MR) is 109 cm³/mol. The van der Waals surface area contributed by atoms with E-state index in [0.29, 0.717) is 6.61 Å². The molecule has 27 heavy (non-hydrogen) atoms. The van der Waals surface area contributed by atoms with Crippen molar-refractivity contribution in [1.29, 1.82) is 0 Å². The minimum absolute atomic E-state index is 0.274. The molecule has 1 aliphatic rings. The van der Waals surface area contributed by atoms with Crippen LogP contribution in [0.4, 0.5) is 0 Å². The summed E-state index contributed by atoms with van der Waals surface area (Å²) in [7, 11) is 0. The number of rotatable bonds is 17. The smallest absolute Gasteiger partial charge is 0.114 e. The molecule has 0 bridgehead atoms. The van der Waals surface area contributed by atoms with E-state index in [1.165, 1.54) is 64.2 Å². The monoisotopic (exact) mass is 386 g/mol. The molecule has 1 rings (SSSR count). The first-order valence-electron chi connectivity index (χ1n) is 11.1. The van der Waals surface area contributed by atoms with Crippen molar-refractivity contribution in [2.45, 2.75) is 108 Å². The van der Waals surface area contributed by atoms with Crippen LogP contribution in [0, 0.1) is 0 Å². The van der Waals surface area contributed by atoms with Crippen LogP contribution in [0.15, 0.2) is 12.2 Å². The molecule has 0 radical (unpaired) electrons. The van der Waals surface area contributed by atoms with Crippen molar-refractivity contribution in [1.82, 2.24) is 0 Å². The predicted octanol–water partition coefficient (Wildman–Crippen LogP) is 3.74. The highest BCUT2D eigenvalue weighted by Crippen LogP contribution is 2.20. The van der Waals surface area contributed by atoms with Gasteiger partial charge in [-0.15, -0.1) is 0 Å². The van der Waals surface area contributed by atoms with Crippen LogP contribution in [0.25, 0.3) is 0 Å². The van der Waals surface area contributed by atoms with E-state index in [4.69, 9.17) is 14.6 Å². The number of ether oxygens (including phenoxy) is 2. The van der Waals surface area contributed by atoms with Crippen LogP contribution in [-0.4, -0.2) is 59.6 Å². The summed E-state index contributed by atoms with van der Waals surface area (Å²) >= 11 is 0. The van der Waals surface area contributed by atoms with Crippen molar-refractivity contribution < 1.29 is 24.8 Å². The van der Waals surface area contributed by atoms with Crippen LogP contribution in [0.1, 0.15) is 84.0 Å². The van der Waals surface area contributed by atoms with Crippen LogP contribution in [-0.2, 0) is 9.47 Å². The molecule has 1 heterocycles. The SMILES string of the molecule is CCCC/C=C/CCCCCCCCCCO[C@@H]1CO[C@@H]([C@@H](O)CO)[C@H]1O. The molecule has 0 unspecified atom stereocenters. The second kappa shape index (κ2) is 16.5. The van der Waals surface area contributed by atoms with Gasteiger partial charge in [-0.05, 0) is 25.7 Å². The first kappa shape index (κ1) is 24.6. The normalized spacial score (nSPS) is 24.1. The Bertz CT molecular complexity index is 361. The lowest BCUT2D eigenvalue weighted by Gasteiger charge is -2.20. The topological polar surface area (TPSA) is 79.2 Å². The Hall–Kier alpha value is -0.460. The van der Waals surface area contributed by atoms with Gasteiger partial charge in [-0.1, -0.05) is 70.4 Å². The molecule has 5 nitrogen and oxygen atoms in total. The van der Waals surface area contributed by atoms with Crippen LogP contribution in [0.5, 0.6) is 0 Å². The Morgan fingerprint density at radius 1 is 0.963 bits per heavy atom. The van der Waals surface area contributed by atoms with Gasteiger partial charge in [-0.2, -0.15) is 0 Å². The molecule has 0 aliphatic carbocycles. The number of hydrogen-bond acceptors (Lipinski definition) is 5. The largest absolute Gasteiger partial charge is 0.394 e. The van der Waals surface area contributed by atoms with Gasteiger partial charge in [0.2, 0.25) is 0 Å². The highest BCUT2D eigenvalue weighted by atomic mass is 16.6. The minimum Gasteiger partial charge on any atom is -0.394 e.